The zero-order valence-electron chi connectivity index (χ0n) is 9.88. The van der Waals surface area contributed by atoms with Crippen LogP contribution in [0.5, 0.6) is 11.5 Å². The van der Waals surface area contributed by atoms with Crippen LogP contribution < -0.4 is 4.74 Å². The summed E-state index contributed by atoms with van der Waals surface area (Å²) in [7, 11) is 1.67. The van der Waals surface area contributed by atoms with E-state index in [1.165, 1.54) is 0 Å². The van der Waals surface area contributed by atoms with Crippen LogP contribution in [-0.4, -0.2) is 26.7 Å². The van der Waals surface area contributed by atoms with E-state index in [2.05, 4.69) is 0 Å². The molecule has 0 bridgehead atoms. The molecule has 0 unspecified atom stereocenters. The van der Waals surface area contributed by atoms with E-state index in [-0.39, 0.29) is 14.5 Å². The molecule has 0 atom stereocenters. The van der Waals surface area contributed by atoms with Gasteiger partial charge in [0.2, 0.25) is 0 Å². The van der Waals surface area contributed by atoms with Crippen molar-refractivity contribution in [3.8, 4) is 21.5 Å². The van der Waals surface area contributed by atoms with Crippen LogP contribution in [0.4, 0.5) is 0 Å². The van der Waals surface area contributed by atoms with Crippen LogP contribution in [0.15, 0.2) is 48.5 Å². The molecule has 1 N–H and O–H groups in total. The summed E-state index contributed by atoms with van der Waals surface area (Å²) in [6, 6.07) is 15.8. The van der Waals surface area contributed by atoms with E-state index >= 15 is 0 Å². The molecule has 0 saturated carbocycles. The van der Waals surface area contributed by atoms with Crippen molar-refractivity contribution in [2.45, 2.75) is 0 Å². The van der Waals surface area contributed by atoms with Crippen molar-refractivity contribution in [1.29, 1.82) is 0 Å². The molecule has 2 aromatic carbocycles. The van der Waals surface area contributed by atoms with Gasteiger partial charge in [0.15, 0.2) is 0 Å². The SMILES string of the molecule is COc1cccc2c(O)c(-c3ccccc3)[se]c12. The van der Waals surface area contributed by atoms with E-state index in [9.17, 15) is 5.11 Å². The molecule has 0 fully saturated rings. The fourth-order valence-corrected chi connectivity index (χ4v) is 4.53. The molecule has 3 aromatic rings. The van der Waals surface area contributed by atoms with E-state index < -0.39 is 0 Å². The number of rotatable bonds is 2. The van der Waals surface area contributed by atoms with Crippen molar-refractivity contribution in [3.63, 3.8) is 0 Å². The molecule has 0 spiro atoms. The second kappa shape index (κ2) is 4.52. The van der Waals surface area contributed by atoms with Crippen LogP contribution in [-0.2, 0) is 0 Å². The first-order valence-electron chi connectivity index (χ1n) is 5.65. The molecule has 2 nitrogen and oxygen atoms in total. The first kappa shape index (κ1) is 11.4. The van der Waals surface area contributed by atoms with Gasteiger partial charge in [-0.2, -0.15) is 0 Å². The third-order valence-electron chi connectivity index (χ3n) is 2.91. The molecule has 3 heteroatoms. The van der Waals surface area contributed by atoms with Crippen molar-refractivity contribution in [2.24, 2.45) is 0 Å². The summed E-state index contributed by atoms with van der Waals surface area (Å²) in [6.45, 7) is 0. The second-order valence-electron chi connectivity index (χ2n) is 3.98. The van der Waals surface area contributed by atoms with E-state index in [0.29, 0.717) is 5.75 Å². The normalized spacial score (nSPS) is 10.7. The van der Waals surface area contributed by atoms with Crippen LogP contribution in [0.3, 0.4) is 0 Å². The Labute approximate surface area is 111 Å². The van der Waals surface area contributed by atoms with Crippen molar-refractivity contribution >= 4 is 24.1 Å². The van der Waals surface area contributed by atoms with Gasteiger partial charge in [0.25, 0.3) is 0 Å². The van der Waals surface area contributed by atoms with Crippen molar-refractivity contribution < 1.29 is 9.84 Å². The fourth-order valence-electron chi connectivity index (χ4n) is 2.03. The molecule has 0 aliphatic rings. The molecule has 0 aliphatic carbocycles. The van der Waals surface area contributed by atoms with Crippen LogP contribution in [0, 0.1) is 0 Å². The molecule has 0 aliphatic heterocycles. The van der Waals surface area contributed by atoms with Crippen LogP contribution in [0.1, 0.15) is 0 Å². The summed E-state index contributed by atoms with van der Waals surface area (Å²) in [5.74, 6) is 1.26. The third-order valence-corrected chi connectivity index (χ3v) is 5.55. The molecule has 3 rings (SSSR count). The quantitative estimate of drug-likeness (QED) is 0.736. The van der Waals surface area contributed by atoms with Crippen molar-refractivity contribution in [1.82, 2.24) is 0 Å². The van der Waals surface area contributed by atoms with Crippen LogP contribution in [0.25, 0.3) is 19.6 Å². The number of aromatic hydroxyl groups is 1. The maximum absolute atomic E-state index is 10.4. The molecule has 1 heterocycles. The number of hydrogen-bond donors (Lipinski definition) is 1. The summed E-state index contributed by atoms with van der Waals surface area (Å²) in [5.41, 5.74) is 1.09. The summed E-state index contributed by atoms with van der Waals surface area (Å²) in [6.07, 6.45) is 0. The monoisotopic (exact) mass is 304 g/mol. The van der Waals surface area contributed by atoms with Gasteiger partial charge >= 0.3 is 111 Å². The second-order valence-corrected chi connectivity index (χ2v) is 6.12. The molecule has 0 saturated heterocycles. The zero-order chi connectivity index (χ0) is 12.5. The van der Waals surface area contributed by atoms with Crippen LogP contribution >= 0.6 is 0 Å². The summed E-state index contributed by atoms with van der Waals surface area (Å²) in [4.78, 5) is 0. The van der Waals surface area contributed by atoms with Gasteiger partial charge in [-0.15, -0.1) is 0 Å². The molecular formula is C15H12O2Se. The summed E-state index contributed by atoms with van der Waals surface area (Å²) < 4.78 is 7.53. The van der Waals surface area contributed by atoms with Crippen molar-refractivity contribution in [3.05, 3.63) is 48.5 Å². The van der Waals surface area contributed by atoms with E-state index in [4.69, 9.17) is 4.74 Å². The zero-order valence-corrected chi connectivity index (χ0v) is 11.6. The third kappa shape index (κ3) is 1.72. The Balaban J connectivity index is 2.29. The van der Waals surface area contributed by atoms with Gasteiger partial charge in [0, 0.05) is 0 Å². The summed E-state index contributed by atoms with van der Waals surface area (Å²) in [5, 5.41) is 11.3. The van der Waals surface area contributed by atoms with Gasteiger partial charge in [0.1, 0.15) is 0 Å². The van der Waals surface area contributed by atoms with Gasteiger partial charge in [-0.05, 0) is 0 Å². The first-order valence-corrected chi connectivity index (χ1v) is 7.36. The van der Waals surface area contributed by atoms with Crippen LogP contribution in [0.2, 0.25) is 0 Å². The van der Waals surface area contributed by atoms with E-state index in [1.807, 2.05) is 48.5 Å². The van der Waals surface area contributed by atoms with Gasteiger partial charge < -0.3 is 0 Å². The first-order chi connectivity index (χ1) is 8.81. The maximum atomic E-state index is 10.4. The standard InChI is InChI=1S/C15H12O2Se/c1-17-12-9-5-8-11-13(16)14(18-15(11)12)10-6-3-2-4-7-10/h2-9,16H,1H3. The molecule has 90 valence electrons. The molecule has 0 amide bonds. The Bertz CT molecular complexity index is 686. The number of benzene rings is 2. The molecule has 0 radical (unpaired) electrons. The fraction of sp³-hybridized carbons (Fsp3) is 0.0667. The predicted octanol–water partition coefficient (Wildman–Crippen LogP) is 3.28. The Morgan fingerprint density at radius 3 is 2.50 bits per heavy atom. The Morgan fingerprint density at radius 2 is 1.78 bits per heavy atom. The van der Waals surface area contributed by atoms with Crippen molar-refractivity contribution in [2.75, 3.05) is 7.11 Å². The summed E-state index contributed by atoms with van der Waals surface area (Å²) >= 11 is 0.0906. The Kier molecular flexibility index (Phi) is 2.86. The average Bonchev–Trinajstić information content (AvgIpc) is 2.77. The Hall–Kier alpha value is -1.70. The van der Waals surface area contributed by atoms with E-state index in [1.54, 1.807) is 7.11 Å². The molecular weight excluding hydrogens is 291 g/mol. The molecule has 18 heavy (non-hydrogen) atoms. The van der Waals surface area contributed by atoms with Gasteiger partial charge in [-0.25, -0.2) is 0 Å². The minimum absolute atomic E-state index is 0.0906. The number of methoxy groups -OCH3 is 1. The number of hydrogen-bond acceptors (Lipinski definition) is 2. The van der Waals surface area contributed by atoms with Gasteiger partial charge in [-0.1, -0.05) is 0 Å². The number of ether oxygens (including phenoxy) is 1. The van der Waals surface area contributed by atoms with Gasteiger partial charge in [0.05, 0.1) is 0 Å². The predicted molar refractivity (Wildman–Crippen MR) is 74.5 cm³/mol. The average molecular weight is 303 g/mol. The number of fused-ring (bicyclic) bond motifs is 1. The molecule has 1 aromatic heterocycles. The van der Waals surface area contributed by atoms with Gasteiger partial charge in [-0.3, -0.25) is 0 Å². The Morgan fingerprint density at radius 1 is 1.00 bits per heavy atom. The minimum atomic E-state index is 0.0906. The van der Waals surface area contributed by atoms with E-state index in [0.717, 1.165) is 25.4 Å². The topological polar surface area (TPSA) is 29.5 Å².